The van der Waals surface area contributed by atoms with Crippen LogP contribution in [0.5, 0.6) is 11.5 Å². The van der Waals surface area contributed by atoms with Crippen molar-refractivity contribution in [2.75, 3.05) is 0 Å². The number of carbonyl (C=O) groups excluding carboxylic acids is 2. The fourth-order valence-corrected chi connectivity index (χ4v) is 4.35. The van der Waals surface area contributed by atoms with E-state index < -0.39 is 17.6 Å². The molecular weight excluding hydrogens is 492 g/mol. The number of ketones is 1. The summed E-state index contributed by atoms with van der Waals surface area (Å²) in [6, 6.07) is 23.7. The number of aromatic nitrogens is 2. The summed E-state index contributed by atoms with van der Waals surface area (Å²) in [6.45, 7) is 1.44. The van der Waals surface area contributed by atoms with E-state index in [0.29, 0.717) is 33.8 Å². The molecule has 0 aliphatic carbocycles. The van der Waals surface area contributed by atoms with Gasteiger partial charge in [0.25, 0.3) is 5.56 Å². The van der Waals surface area contributed by atoms with E-state index in [4.69, 9.17) is 16.3 Å². The first-order valence-corrected chi connectivity index (χ1v) is 11.8. The minimum absolute atomic E-state index is 0.0446. The second-order valence-corrected chi connectivity index (χ2v) is 8.64. The van der Waals surface area contributed by atoms with Crippen LogP contribution >= 0.6 is 11.6 Å². The topological polar surface area (TPSA) is 102 Å². The summed E-state index contributed by atoms with van der Waals surface area (Å²) in [4.78, 5) is 38.4. The summed E-state index contributed by atoms with van der Waals surface area (Å²) < 4.78 is 7.23. The number of ether oxygens (including phenoxy) is 1. The number of Topliss-reactive ketones (excluding diaryl/α,β-unsaturated/α-hetero) is 1. The van der Waals surface area contributed by atoms with Crippen molar-refractivity contribution in [2.24, 2.45) is 0 Å². The molecule has 0 fully saturated rings. The molecule has 0 bridgehead atoms. The van der Waals surface area contributed by atoms with Gasteiger partial charge in [-0.15, -0.1) is 0 Å². The lowest BCUT2D eigenvalue weighted by Crippen LogP contribution is -2.44. The van der Waals surface area contributed by atoms with Crippen molar-refractivity contribution in [3.8, 4) is 17.2 Å². The average Bonchev–Trinajstić information content (AvgIpc) is 2.92. The zero-order chi connectivity index (χ0) is 25.9. The summed E-state index contributed by atoms with van der Waals surface area (Å²) in [6.07, 6.45) is 1.35. The maximum atomic E-state index is 12.9. The molecule has 3 aromatic carbocycles. The molecule has 0 spiro atoms. The van der Waals surface area contributed by atoms with E-state index in [0.717, 1.165) is 0 Å². The average molecular weight is 513 g/mol. The molecule has 2 heterocycles. The van der Waals surface area contributed by atoms with Crippen LogP contribution in [0.3, 0.4) is 0 Å². The summed E-state index contributed by atoms with van der Waals surface area (Å²) in [7, 11) is 0. The molecule has 1 atom stereocenters. The van der Waals surface area contributed by atoms with E-state index in [9.17, 15) is 14.4 Å². The Hall–Kier alpha value is -4.69. The Bertz CT molecular complexity index is 1580. The van der Waals surface area contributed by atoms with Crippen LogP contribution in [0.15, 0.2) is 101 Å². The lowest BCUT2D eigenvalue weighted by Gasteiger charge is -2.30. The lowest BCUT2D eigenvalue weighted by atomic mass is 9.90. The van der Waals surface area contributed by atoms with Crippen LogP contribution in [-0.2, 0) is 4.79 Å². The Morgan fingerprint density at radius 3 is 2.27 bits per heavy atom. The highest BCUT2D eigenvalue weighted by Crippen LogP contribution is 2.38. The van der Waals surface area contributed by atoms with Crippen LogP contribution in [0.25, 0.3) is 11.4 Å². The van der Waals surface area contributed by atoms with Crippen LogP contribution in [0.2, 0.25) is 5.02 Å². The van der Waals surface area contributed by atoms with Crippen molar-refractivity contribution in [1.29, 1.82) is 0 Å². The first kappa shape index (κ1) is 24.0. The smallest absolute Gasteiger partial charge is 0.320 e. The van der Waals surface area contributed by atoms with Gasteiger partial charge in [0.1, 0.15) is 5.75 Å². The van der Waals surface area contributed by atoms with Gasteiger partial charge in [0.15, 0.2) is 16.6 Å². The molecule has 1 aromatic heterocycles. The first-order chi connectivity index (χ1) is 17.9. The fourth-order valence-electron chi connectivity index (χ4n) is 4.18. The van der Waals surface area contributed by atoms with Crippen molar-refractivity contribution in [2.45, 2.75) is 13.0 Å². The Balaban J connectivity index is 1.57. The van der Waals surface area contributed by atoms with Gasteiger partial charge in [-0.2, -0.15) is 9.78 Å². The highest BCUT2D eigenvalue weighted by molar-refractivity contribution is 6.31. The highest BCUT2D eigenvalue weighted by Gasteiger charge is 2.33. The minimum atomic E-state index is -0.811. The summed E-state index contributed by atoms with van der Waals surface area (Å²) in [5, 5.41) is 9.64. The van der Waals surface area contributed by atoms with Gasteiger partial charge >= 0.3 is 6.03 Å². The SMILES string of the molecule is CC(=O)C1=C(c2ccccc2)NC(=O)NC1c1ccccc1Oc1cnn(-c2ccccc2)c(=O)c1Cl. The molecule has 0 saturated carbocycles. The summed E-state index contributed by atoms with van der Waals surface area (Å²) >= 11 is 6.40. The number of rotatable bonds is 6. The number of nitrogens with zero attached hydrogens (tertiary/aromatic N) is 2. The number of benzene rings is 3. The van der Waals surface area contributed by atoms with E-state index in [1.54, 1.807) is 48.5 Å². The molecule has 0 radical (unpaired) electrons. The van der Waals surface area contributed by atoms with Crippen molar-refractivity contribution in [1.82, 2.24) is 20.4 Å². The van der Waals surface area contributed by atoms with Crippen LogP contribution in [0, 0.1) is 0 Å². The van der Waals surface area contributed by atoms with Gasteiger partial charge in [-0.3, -0.25) is 9.59 Å². The maximum absolute atomic E-state index is 12.9. The molecule has 4 aromatic rings. The van der Waals surface area contributed by atoms with Crippen LogP contribution in [-0.4, -0.2) is 21.6 Å². The Labute approximate surface area is 217 Å². The molecule has 184 valence electrons. The highest BCUT2D eigenvalue weighted by atomic mass is 35.5. The number of urea groups is 1. The molecule has 1 unspecified atom stereocenters. The molecule has 0 saturated heterocycles. The van der Waals surface area contributed by atoms with Gasteiger partial charge in [-0.25, -0.2) is 4.79 Å². The number of amides is 2. The zero-order valence-electron chi connectivity index (χ0n) is 19.6. The van der Waals surface area contributed by atoms with Gasteiger partial charge in [-0.05, 0) is 30.7 Å². The van der Waals surface area contributed by atoms with Crippen molar-refractivity contribution in [3.63, 3.8) is 0 Å². The Kier molecular flexibility index (Phi) is 6.57. The summed E-state index contributed by atoms with van der Waals surface area (Å²) in [5.74, 6) is 0.126. The monoisotopic (exact) mass is 512 g/mol. The van der Waals surface area contributed by atoms with Crippen LogP contribution in [0.4, 0.5) is 4.79 Å². The third kappa shape index (κ3) is 4.74. The predicted octanol–water partition coefficient (Wildman–Crippen LogP) is 5.03. The van der Waals surface area contributed by atoms with E-state index in [-0.39, 0.29) is 16.6 Å². The minimum Gasteiger partial charge on any atom is -0.453 e. The number of nitrogens with one attached hydrogen (secondary N) is 2. The van der Waals surface area contributed by atoms with Crippen molar-refractivity contribution >= 4 is 29.1 Å². The van der Waals surface area contributed by atoms with Gasteiger partial charge in [0, 0.05) is 11.1 Å². The van der Waals surface area contributed by atoms with Gasteiger partial charge in [-0.1, -0.05) is 78.3 Å². The van der Waals surface area contributed by atoms with Gasteiger partial charge < -0.3 is 15.4 Å². The Morgan fingerprint density at radius 2 is 1.57 bits per heavy atom. The fraction of sp³-hybridized carbons (Fsp3) is 0.0714. The Morgan fingerprint density at radius 1 is 0.919 bits per heavy atom. The molecule has 2 N–H and O–H groups in total. The van der Waals surface area contributed by atoms with Crippen LogP contribution < -0.4 is 20.9 Å². The maximum Gasteiger partial charge on any atom is 0.320 e. The van der Waals surface area contributed by atoms with Crippen molar-refractivity contribution in [3.05, 3.63) is 123 Å². The molecule has 37 heavy (non-hydrogen) atoms. The number of hydrogen-bond donors (Lipinski definition) is 2. The molecule has 8 nitrogen and oxygen atoms in total. The zero-order valence-corrected chi connectivity index (χ0v) is 20.4. The van der Waals surface area contributed by atoms with E-state index in [2.05, 4.69) is 15.7 Å². The lowest BCUT2D eigenvalue weighted by molar-refractivity contribution is -0.113. The quantitative estimate of drug-likeness (QED) is 0.377. The molecule has 9 heteroatoms. The van der Waals surface area contributed by atoms with E-state index in [1.165, 1.54) is 17.8 Å². The number of carbonyl (C=O) groups is 2. The third-order valence-electron chi connectivity index (χ3n) is 5.85. The van der Waals surface area contributed by atoms with E-state index in [1.807, 2.05) is 36.4 Å². The summed E-state index contributed by atoms with van der Waals surface area (Å²) in [5.41, 5.74) is 2.01. The molecule has 2 amide bonds. The second kappa shape index (κ2) is 10.1. The molecule has 1 aliphatic rings. The van der Waals surface area contributed by atoms with Crippen molar-refractivity contribution < 1.29 is 14.3 Å². The predicted molar refractivity (Wildman–Crippen MR) is 140 cm³/mol. The standard InChI is InChI=1S/C28H21ClN4O4/c1-17(34)23-25(18-10-4-2-5-11-18)31-28(36)32-26(23)20-14-8-9-15-21(20)37-22-16-30-33(27(35)24(22)29)19-12-6-3-7-13-19/h2-16,26H,1H3,(H2,31,32,36). The second-order valence-electron chi connectivity index (χ2n) is 8.26. The molecular formula is C28H21ClN4O4. The molecule has 1 aliphatic heterocycles. The number of hydrogen-bond acceptors (Lipinski definition) is 5. The van der Waals surface area contributed by atoms with Gasteiger partial charge in [0.2, 0.25) is 0 Å². The normalized spacial score (nSPS) is 15.1. The largest absolute Gasteiger partial charge is 0.453 e. The van der Waals surface area contributed by atoms with Gasteiger partial charge in [0.05, 0.1) is 23.6 Å². The number of halogens is 1. The molecule has 5 rings (SSSR count). The van der Waals surface area contributed by atoms with Crippen LogP contribution in [0.1, 0.15) is 24.1 Å². The van der Waals surface area contributed by atoms with E-state index >= 15 is 0 Å². The third-order valence-corrected chi connectivity index (χ3v) is 6.20. The first-order valence-electron chi connectivity index (χ1n) is 11.4. The number of para-hydroxylation sites is 2.